The van der Waals surface area contributed by atoms with Crippen LogP contribution in [0.1, 0.15) is 28.3 Å². The fraction of sp³-hybridized carbons (Fsp3) is 0.290. The van der Waals surface area contributed by atoms with Crippen molar-refractivity contribution in [3.8, 4) is 34.5 Å². The van der Waals surface area contributed by atoms with E-state index in [9.17, 15) is 19.7 Å². The van der Waals surface area contributed by atoms with Crippen LogP contribution in [-0.4, -0.2) is 70.3 Å². The van der Waals surface area contributed by atoms with Crippen molar-refractivity contribution in [3.63, 3.8) is 0 Å². The van der Waals surface area contributed by atoms with Crippen LogP contribution in [-0.2, 0) is 16.0 Å². The number of benzene rings is 3. The molecule has 230 valence electrons. The predicted octanol–water partition coefficient (Wildman–Crippen LogP) is 3.66. The Morgan fingerprint density at radius 3 is 2.09 bits per heavy atom. The molecule has 2 aliphatic rings. The lowest BCUT2D eigenvalue weighted by atomic mass is 9.81. The number of methoxy groups -OCH3 is 6. The summed E-state index contributed by atoms with van der Waals surface area (Å²) in [6, 6.07) is 8.84. The van der Waals surface area contributed by atoms with E-state index in [0.29, 0.717) is 56.8 Å². The number of hydrogen-bond donors (Lipinski definition) is 1. The maximum Gasteiger partial charge on any atom is 0.271 e. The van der Waals surface area contributed by atoms with E-state index in [1.54, 1.807) is 24.3 Å². The van der Waals surface area contributed by atoms with E-state index >= 15 is 0 Å². The number of ether oxygens (including phenoxy) is 6. The van der Waals surface area contributed by atoms with E-state index in [0.717, 1.165) is 0 Å². The van der Waals surface area contributed by atoms with Crippen molar-refractivity contribution >= 4 is 23.6 Å². The summed E-state index contributed by atoms with van der Waals surface area (Å²) in [4.78, 5) is 40.9. The molecule has 13 heteroatoms. The first-order chi connectivity index (χ1) is 21.2. The van der Waals surface area contributed by atoms with Crippen molar-refractivity contribution in [2.75, 3.05) is 42.7 Å². The number of carbonyl (C=O) groups is 2. The van der Waals surface area contributed by atoms with Gasteiger partial charge >= 0.3 is 0 Å². The van der Waals surface area contributed by atoms with Crippen molar-refractivity contribution in [2.45, 2.75) is 18.5 Å². The van der Waals surface area contributed by atoms with Gasteiger partial charge in [-0.05, 0) is 17.7 Å². The largest absolute Gasteiger partial charge is 0.496 e. The van der Waals surface area contributed by atoms with E-state index in [1.165, 1.54) is 71.8 Å². The number of piperazine rings is 1. The van der Waals surface area contributed by atoms with E-state index < -0.39 is 28.8 Å². The molecule has 3 aromatic rings. The molecule has 2 amide bonds. The van der Waals surface area contributed by atoms with Crippen LogP contribution in [0, 0.1) is 10.1 Å². The Hall–Kier alpha value is -5.46. The van der Waals surface area contributed by atoms with Crippen molar-refractivity contribution in [3.05, 3.63) is 80.5 Å². The second-order valence-electron chi connectivity index (χ2n) is 9.89. The minimum atomic E-state index is -0.989. The molecule has 0 saturated carbocycles. The molecule has 1 N–H and O–H groups in total. The first kappa shape index (κ1) is 30.0. The number of carbonyl (C=O) groups excluding carboxylic acids is 2. The molecular weight excluding hydrogens is 574 g/mol. The van der Waals surface area contributed by atoms with Crippen molar-refractivity contribution in [1.82, 2.24) is 10.2 Å². The molecule has 0 aromatic heterocycles. The van der Waals surface area contributed by atoms with Crippen molar-refractivity contribution in [2.24, 2.45) is 0 Å². The minimum Gasteiger partial charge on any atom is -0.496 e. The summed E-state index contributed by atoms with van der Waals surface area (Å²) in [6.45, 7) is 0. The highest BCUT2D eigenvalue weighted by Gasteiger charge is 2.49. The Morgan fingerprint density at radius 1 is 0.841 bits per heavy atom. The molecule has 44 heavy (non-hydrogen) atoms. The second kappa shape index (κ2) is 12.0. The van der Waals surface area contributed by atoms with Gasteiger partial charge in [0.05, 0.1) is 53.6 Å². The molecule has 3 aromatic carbocycles. The Balaban J connectivity index is 1.76. The smallest absolute Gasteiger partial charge is 0.271 e. The Morgan fingerprint density at radius 2 is 1.48 bits per heavy atom. The zero-order chi connectivity index (χ0) is 31.7. The van der Waals surface area contributed by atoms with Crippen molar-refractivity contribution < 1.29 is 42.9 Å². The van der Waals surface area contributed by atoms with Gasteiger partial charge in [0.15, 0.2) is 23.0 Å². The van der Waals surface area contributed by atoms with Crippen LogP contribution in [0.4, 0.5) is 5.69 Å². The van der Waals surface area contributed by atoms with Gasteiger partial charge < -0.3 is 38.6 Å². The number of non-ortho nitro benzene ring substituents is 1. The summed E-state index contributed by atoms with van der Waals surface area (Å²) < 4.78 is 33.4. The first-order valence-corrected chi connectivity index (χ1v) is 13.4. The third-order valence-corrected chi connectivity index (χ3v) is 7.74. The van der Waals surface area contributed by atoms with E-state index in [-0.39, 0.29) is 17.8 Å². The molecule has 2 aliphatic heterocycles. The van der Waals surface area contributed by atoms with Crippen LogP contribution in [0.15, 0.2) is 48.2 Å². The van der Waals surface area contributed by atoms with Crippen LogP contribution < -0.4 is 33.7 Å². The molecule has 2 atom stereocenters. The van der Waals surface area contributed by atoms with Crippen LogP contribution in [0.5, 0.6) is 34.5 Å². The maximum atomic E-state index is 14.4. The molecule has 0 unspecified atom stereocenters. The summed E-state index contributed by atoms with van der Waals surface area (Å²) in [7, 11) is 8.84. The maximum absolute atomic E-state index is 14.4. The minimum absolute atomic E-state index is 0.0375. The molecule has 1 fully saturated rings. The summed E-state index contributed by atoms with van der Waals surface area (Å²) >= 11 is 0. The first-order valence-electron chi connectivity index (χ1n) is 13.4. The average molecular weight is 606 g/mol. The molecule has 1 saturated heterocycles. The SMILES string of the molecule is COc1cc(OC)c(OC)cc1/C=C1\NC(=O)[C@H]2Cc3c(OC)cc(OC)c(OC)c3[C@H](c3cccc([N+](=O)[O-])c3)N2C1=O. The van der Waals surface area contributed by atoms with Crippen LogP contribution >= 0.6 is 0 Å². The van der Waals surface area contributed by atoms with Gasteiger partial charge in [-0.1, -0.05) is 12.1 Å². The highest BCUT2D eigenvalue weighted by Crippen LogP contribution is 2.51. The highest BCUT2D eigenvalue weighted by molar-refractivity contribution is 6.08. The Kier molecular flexibility index (Phi) is 8.21. The third kappa shape index (κ3) is 4.95. The van der Waals surface area contributed by atoms with E-state index in [4.69, 9.17) is 28.4 Å². The summed E-state index contributed by atoms with van der Waals surface area (Å²) in [5.74, 6) is 1.25. The molecule has 5 rings (SSSR count). The molecule has 2 heterocycles. The molecular formula is C31H31N3O10. The number of amides is 2. The van der Waals surface area contributed by atoms with Gasteiger partial charge in [-0.15, -0.1) is 0 Å². The number of nitrogens with zero attached hydrogens (tertiary/aromatic N) is 2. The van der Waals surface area contributed by atoms with Gasteiger partial charge in [0.2, 0.25) is 5.91 Å². The molecule has 0 bridgehead atoms. The van der Waals surface area contributed by atoms with Gasteiger partial charge in [-0.25, -0.2) is 0 Å². The summed E-state index contributed by atoms with van der Waals surface area (Å²) in [6.07, 6.45) is 1.58. The fourth-order valence-electron chi connectivity index (χ4n) is 5.77. The monoisotopic (exact) mass is 605 g/mol. The van der Waals surface area contributed by atoms with E-state index in [1.807, 2.05) is 0 Å². The molecule has 0 aliphatic carbocycles. The van der Waals surface area contributed by atoms with Gasteiger partial charge in [0, 0.05) is 47.4 Å². The molecule has 0 radical (unpaired) electrons. The number of fused-ring (bicyclic) bond motifs is 2. The zero-order valence-electron chi connectivity index (χ0n) is 25.0. The fourth-order valence-corrected chi connectivity index (χ4v) is 5.77. The summed E-state index contributed by atoms with van der Waals surface area (Å²) in [5.41, 5.74) is 1.72. The number of nitro groups is 1. The zero-order valence-corrected chi connectivity index (χ0v) is 25.0. The van der Waals surface area contributed by atoms with Crippen LogP contribution in [0.3, 0.4) is 0 Å². The lowest BCUT2D eigenvalue weighted by molar-refractivity contribution is -0.384. The summed E-state index contributed by atoms with van der Waals surface area (Å²) in [5, 5.41) is 14.5. The third-order valence-electron chi connectivity index (χ3n) is 7.74. The number of nitrogens with one attached hydrogen (secondary N) is 1. The molecule has 13 nitrogen and oxygen atoms in total. The van der Waals surface area contributed by atoms with Gasteiger partial charge in [0.25, 0.3) is 11.6 Å². The Labute approximate surface area is 253 Å². The number of hydrogen-bond acceptors (Lipinski definition) is 10. The van der Waals surface area contributed by atoms with Crippen LogP contribution in [0.25, 0.3) is 6.08 Å². The van der Waals surface area contributed by atoms with Gasteiger partial charge in [-0.2, -0.15) is 0 Å². The predicted molar refractivity (Wildman–Crippen MR) is 158 cm³/mol. The van der Waals surface area contributed by atoms with E-state index in [2.05, 4.69) is 5.32 Å². The quantitative estimate of drug-likeness (QED) is 0.218. The van der Waals surface area contributed by atoms with Gasteiger partial charge in [0.1, 0.15) is 23.2 Å². The Bertz CT molecular complexity index is 1690. The number of rotatable bonds is 9. The topological polar surface area (TPSA) is 148 Å². The lowest BCUT2D eigenvalue weighted by Crippen LogP contribution is -2.60. The second-order valence-corrected chi connectivity index (χ2v) is 9.89. The highest BCUT2D eigenvalue weighted by atomic mass is 16.6. The van der Waals surface area contributed by atoms with Crippen LogP contribution in [0.2, 0.25) is 0 Å². The standard InChI is InChI=1S/C31H31N3O10/c1-39-22-14-25(42-4)24(41-3)12-17(22)11-20-31(36)33-21(30(35)32-20)13-19-23(40-2)15-26(43-5)29(44-6)27(19)28(33)16-8-7-9-18(10-16)34(37)38/h7-12,14-15,21,28H,13H2,1-6H3,(H,32,35)/b20-11-/t21-,28+/m1/s1. The number of nitro benzene ring substituents is 1. The van der Waals surface area contributed by atoms with Crippen molar-refractivity contribution in [1.29, 1.82) is 0 Å². The lowest BCUT2D eigenvalue weighted by Gasteiger charge is -2.46. The van der Waals surface area contributed by atoms with Gasteiger partial charge in [-0.3, -0.25) is 19.7 Å². The normalized spacial score (nSPS) is 18.1. The molecule has 0 spiro atoms. The average Bonchev–Trinajstić information content (AvgIpc) is 3.04.